The van der Waals surface area contributed by atoms with Gasteiger partial charge in [0.05, 0.1) is 0 Å². The molecular weight excluding hydrogens is 454 g/mol. The number of rotatable bonds is 7. The maximum Gasteiger partial charge on any atom is 0.146 e. The minimum Gasteiger partial charge on any atom is -0.314 e. The van der Waals surface area contributed by atoms with Crippen LogP contribution >= 0.6 is 14.3 Å². The van der Waals surface area contributed by atoms with E-state index in [-0.39, 0.29) is 11.6 Å². The minimum atomic E-state index is -2.81. The molecule has 2 nitrogen and oxygen atoms in total. The van der Waals surface area contributed by atoms with Gasteiger partial charge in [0.25, 0.3) is 0 Å². The molecule has 0 heterocycles. The summed E-state index contributed by atoms with van der Waals surface area (Å²) >= 11 is 0. The van der Waals surface area contributed by atoms with E-state index in [1.807, 2.05) is 121 Å². The van der Waals surface area contributed by atoms with E-state index in [0.29, 0.717) is 6.16 Å². The van der Waals surface area contributed by atoms with Crippen LogP contribution in [0.4, 0.5) is 0 Å². The first-order chi connectivity index (χ1) is 16.6. The fourth-order valence-electron chi connectivity index (χ4n) is 5.48. The largest absolute Gasteiger partial charge is 0.314 e. The number of hydrogen-bond acceptors (Lipinski definition) is 2. The van der Waals surface area contributed by atoms with Crippen molar-refractivity contribution in [3.8, 4) is 0 Å². The quantitative estimate of drug-likeness (QED) is 0.294. The van der Waals surface area contributed by atoms with Crippen LogP contribution < -0.4 is 21.2 Å². The average Bonchev–Trinajstić information content (AvgIpc) is 3.39. The third-order valence-corrected chi connectivity index (χ3v) is 14.1. The first-order valence-corrected chi connectivity index (χ1v) is 15.7. The fourth-order valence-corrected chi connectivity index (χ4v) is 12.0. The molecule has 0 saturated heterocycles. The molecule has 0 aromatic heterocycles. The molecule has 0 unspecified atom stereocenters. The molecule has 0 bridgehead atoms. The van der Waals surface area contributed by atoms with Crippen LogP contribution in [0.1, 0.15) is 19.3 Å². The van der Waals surface area contributed by atoms with Crippen LogP contribution in [0.3, 0.4) is 0 Å². The highest BCUT2D eigenvalue weighted by molar-refractivity contribution is 7.79. The monoisotopic (exact) mass is 484 g/mol. The predicted molar refractivity (Wildman–Crippen MR) is 146 cm³/mol. The second-order valence-corrected chi connectivity index (χ2v) is 15.2. The molecule has 0 radical (unpaired) electrons. The van der Waals surface area contributed by atoms with Gasteiger partial charge in [0.2, 0.25) is 0 Å². The van der Waals surface area contributed by atoms with Crippen molar-refractivity contribution >= 4 is 35.5 Å². The van der Waals surface area contributed by atoms with E-state index in [1.54, 1.807) is 0 Å². The van der Waals surface area contributed by atoms with Crippen molar-refractivity contribution in [1.29, 1.82) is 0 Å². The van der Waals surface area contributed by atoms with Crippen molar-refractivity contribution in [2.24, 2.45) is 5.92 Å². The summed E-state index contributed by atoms with van der Waals surface area (Å²) in [5.74, 6) is 0.275. The molecule has 0 N–H and O–H groups in total. The maximum atomic E-state index is 14.8. The van der Waals surface area contributed by atoms with Crippen LogP contribution in [0.2, 0.25) is 0 Å². The summed E-state index contributed by atoms with van der Waals surface area (Å²) in [6.07, 6.45) is 3.32. The molecule has 1 aliphatic rings. The second kappa shape index (κ2) is 9.91. The van der Waals surface area contributed by atoms with Gasteiger partial charge in [0.1, 0.15) is 14.3 Å². The smallest absolute Gasteiger partial charge is 0.146 e. The second-order valence-electron chi connectivity index (χ2n) is 9.26. The zero-order valence-electron chi connectivity index (χ0n) is 19.2. The van der Waals surface area contributed by atoms with Crippen molar-refractivity contribution in [2.45, 2.75) is 24.9 Å². The van der Waals surface area contributed by atoms with Gasteiger partial charge in [-0.25, -0.2) is 0 Å². The van der Waals surface area contributed by atoms with Gasteiger partial charge in [0.15, 0.2) is 0 Å². The molecule has 4 aromatic rings. The molecule has 2 atom stereocenters. The van der Waals surface area contributed by atoms with E-state index in [0.717, 1.165) is 40.5 Å². The van der Waals surface area contributed by atoms with Crippen LogP contribution in [0, 0.1) is 5.92 Å². The van der Waals surface area contributed by atoms with Crippen LogP contribution in [0.15, 0.2) is 121 Å². The molecule has 4 aromatic carbocycles. The van der Waals surface area contributed by atoms with Gasteiger partial charge in [-0.2, -0.15) is 0 Å². The topological polar surface area (TPSA) is 34.1 Å². The summed E-state index contributed by atoms with van der Waals surface area (Å²) in [5.41, 5.74) is 0.0716. The molecule has 1 aliphatic carbocycles. The summed E-state index contributed by atoms with van der Waals surface area (Å²) in [6.45, 7) is 0. The van der Waals surface area contributed by atoms with Gasteiger partial charge < -0.3 is 9.13 Å². The summed E-state index contributed by atoms with van der Waals surface area (Å²) < 4.78 is 29.4. The van der Waals surface area contributed by atoms with Gasteiger partial charge in [-0.1, -0.05) is 121 Å². The Morgan fingerprint density at radius 3 is 1.32 bits per heavy atom. The van der Waals surface area contributed by atoms with Gasteiger partial charge >= 0.3 is 0 Å². The third kappa shape index (κ3) is 4.38. The maximum absolute atomic E-state index is 14.8. The van der Waals surface area contributed by atoms with Crippen LogP contribution in [0.5, 0.6) is 0 Å². The normalized spacial score (nSPS) is 18.6. The van der Waals surface area contributed by atoms with Crippen LogP contribution in [-0.4, -0.2) is 11.8 Å². The lowest BCUT2D eigenvalue weighted by Crippen LogP contribution is -2.25. The van der Waals surface area contributed by atoms with Gasteiger partial charge in [0, 0.05) is 33.0 Å². The molecule has 1 fully saturated rings. The molecule has 4 heteroatoms. The Morgan fingerprint density at radius 2 is 0.912 bits per heavy atom. The highest BCUT2D eigenvalue weighted by Crippen LogP contribution is 2.58. The Morgan fingerprint density at radius 1 is 0.529 bits per heavy atom. The predicted octanol–water partition coefficient (Wildman–Crippen LogP) is 6.18. The summed E-state index contributed by atoms with van der Waals surface area (Å²) in [5, 5.41) is 3.69. The first kappa shape index (κ1) is 23.1. The van der Waals surface area contributed by atoms with Crippen molar-refractivity contribution < 1.29 is 9.13 Å². The van der Waals surface area contributed by atoms with Crippen LogP contribution in [0.25, 0.3) is 0 Å². The molecule has 172 valence electrons. The Hall–Kier alpha value is -2.66. The molecule has 1 saturated carbocycles. The number of benzene rings is 4. The van der Waals surface area contributed by atoms with Crippen molar-refractivity contribution in [2.75, 3.05) is 6.16 Å². The summed E-state index contributed by atoms with van der Waals surface area (Å²) in [4.78, 5) is 0. The van der Waals surface area contributed by atoms with Crippen LogP contribution in [-0.2, 0) is 9.13 Å². The van der Waals surface area contributed by atoms with Crippen molar-refractivity contribution in [1.82, 2.24) is 0 Å². The lowest BCUT2D eigenvalue weighted by Gasteiger charge is -2.27. The highest BCUT2D eigenvalue weighted by atomic mass is 31.2. The summed E-state index contributed by atoms with van der Waals surface area (Å²) in [6, 6.07) is 39.8. The summed E-state index contributed by atoms with van der Waals surface area (Å²) in [7, 11) is -5.59. The Balaban J connectivity index is 1.48. The Labute approximate surface area is 202 Å². The van der Waals surface area contributed by atoms with E-state index in [9.17, 15) is 9.13 Å². The average molecular weight is 485 g/mol. The number of hydrogen-bond donors (Lipinski definition) is 0. The van der Waals surface area contributed by atoms with E-state index >= 15 is 0 Å². The van der Waals surface area contributed by atoms with E-state index < -0.39 is 14.3 Å². The Bertz CT molecular complexity index is 1220. The molecule has 0 amide bonds. The van der Waals surface area contributed by atoms with Crippen molar-refractivity contribution in [3.05, 3.63) is 121 Å². The van der Waals surface area contributed by atoms with Gasteiger partial charge in [-0.3, -0.25) is 0 Å². The zero-order valence-corrected chi connectivity index (χ0v) is 21.0. The van der Waals surface area contributed by atoms with Gasteiger partial charge in [-0.05, 0) is 25.2 Å². The van der Waals surface area contributed by atoms with E-state index in [1.165, 1.54) is 0 Å². The molecule has 0 spiro atoms. The standard InChI is InChI=1S/C30H30O2P2/c31-33(26-13-5-1-6-14-26,27-15-7-2-8-16-27)24-25-21-22-30(23-25)34(32,28-17-9-3-10-18-28)29-19-11-4-12-20-29/h1-20,25,30H,21-24H2/t25-,30+/m1/s1. The molecular formula is C30H30O2P2. The van der Waals surface area contributed by atoms with Gasteiger partial charge in [-0.15, -0.1) is 0 Å². The Kier molecular flexibility index (Phi) is 6.73. The molecule has 5 rings (SSSR count). The molecule has 34 heavy (non-hydrogen) atoms. The highest BCUT2D eigenvalue weighted by Gasteiger charge is 2.43. The van der Waals surface area contributed by atoms with Crippen molar-refractivity contribution in [3.63, 3.8) is 0 Å². The minimum absolute atomic E-state index is 0.0716. The fraction of sp³-hybridized carbons (Fsp3) is 0.200. The molecule has 0 aliphatic heterocycles. The first-order valence-electron chi connectivity index (χ1n) is 12.0. The lowest BCUT2D eigenvalue weighted by molar-refractivity contribution is 0.557. The van der Waals surface area contributed by atoms with E-state index in [4.69, 9.17) is 0 Å². The lowest BCUT2D eigenvalue weighted by atomic mass is 10.1. The SMILES string of the molecule is O=P(C[C@@H]1CC[C@H](P(=O)(c2ccccc2)c2ccccc2)C1)(c1ccccc1)c1ccccc1. The third-order valence-electron chi connectivity index (χ3n) is 7.17. The zero-order chi connectivity index (χ0) is 23.4. The van der Waals surface area contributed by atoms with E-state index in [2.05, 4.69) is 0 Å².